The summed E-state index contributed by atoms with van der Waals surface area (Å²) < 4.78 is 5.49. The minimum Gasteiger partial charge on any atom is -0.441 e. The van der Waals surface area contributed by atoms with Crippen LogP contribution in [-0.4, -0.2) is 15.2 Å². The number of benzene rings is 1. The molecule has 16 heavy (non-hydrogen) atoms. The lowest BCUT2D eigenvalue weighted by atomic mass is 10.1. The Balaban J connectivity index is 2.21. The molecule has 0 unspecified atom stereocenters. The summed E-state index contributed by atoms with van der Waals surface area (Å²) in [5.41, 5.74) is 3.06. The molecule has 0 radical (unpaired) electrons. The fourth-order valence-corrected chi connectivity index (χ4v) is 1.79. The minimum absolute atomic E-state index is 0.680. The number of hydrogen-bond donors (Lipinski definition) is 1. The van der Waals surface area contributed by atoms with Gasteiger partial charge in [-0.05, 0) is 25.1 Å². The Morgan fingerprint density at radius 1 is 1.25 bits per heavy atom. The molecule has 0 aliphatic rings. The van der Waals surface area contributed by atoms with Gasteiger partial charge in [0.15, 0.2) is 11.7 Å². The highest BCUT2D eigenvalue weighted by atomic mass is 16.4. The third kappa shape index (κ3) is 1.31. The summed E-state index contributed by atoms with van der Waals surface area (Å²) >= 11 is 0. The largest absolute Gasteiger partial charge is 0.441 e. The maximum atomic E-state index is 5.49. The van der Waals surface area contributed by atoms with Crippen LogP contribution in [0, 0.1) is 13.8 Å². The fourth-order valence-electron chi connectivity index (χ4n) is 1.79. The second-order valence-electron chi connectivity index (χ2n) is 3.82. The molecule has 1 aromatic carbocycles. The minimum atomic E-state index is 0.680. The van der Waals surface area contributed by atoms with Gasteiger partial charge >= 0.3 is 0 Å². The lowest BCUT2D eigenvalue weighted by molar-refractivity contribution is 0.534. The number of H-pyrrole nitrogens is 1. The number of nitrogens with zero attached hydrogens (tertiary/aromatic N) is 2. The van der Waals surface area contributed by atoms with E-state index in [-0.39, 0.29) is 0 Å². The van der Waals surface area contributed by atoms with Crippen LogP contribution in [0.3, 0.4) is 0 Å². The predicted molar refractivity (Wildman–Crippen MR) is 61.1 cm³/mol. The van der Waals surface area contributed by atoms with Gasteiger partial charge in [0.1, 0.15) is 0 Å². The molecule has 80 valence electrons. The van der Waals surface area contributed by atoms with E-state index in [1.807, 2.05) is 26.0 Å². The van der Waals surface area contributed by atoms with Crippen molar-refractivity contribution in [2.45, 2.75) is 13.8 Å². The van der Waals surface area contributed by atoms with Crippen LogP contribution < -0.4 is 0 Å². The molecule has 0 saturated heterocycles. The van der Waals surface area contributed by atoms with Crippen molar-refractivity contribution in [3.63, 3.8) is 0 Å². The number of oxazole rings is 1. The number of nitrogens with one attached hydrogen (secondary N) is 1. The van der Waals surface area contributed by atoms with Crippen molar-refractivity contribution in [3.05, 3.63) is 36.0 Å². The first-order chi connectivity index (χ1) is 7.74. The zero-order chi connectivity index (χ0) is 11.1. The molecular weight excluding hydrogens is 202 g/mol. The van der Waals surface area contributed by atoms with Crippen molar-refractivity contribution in [2.75, 3.05) is 0 Å². The van der Waals surface area contributed by atoms with E-state index in [2.05, 4.69) is 21.2 Å². The average Bonchev–Trinajstić information content (AvgIpc) is 2.86. The second-order valence-corrected chi connectivity index (χ2v) is 3.82. The van der Waals surface area contributed by atoms with Gasteiger partial charge in [-0.2, -0.15) is 5.10 Å². The maximum absolute atomic E-state index is 5.49. The highest BCUT2D eigenvalue weighted by molar-refractivity contribution is 5.85. The Labute approximate surface area is 92.3 Å². The van der Waals surface area contributed by atoms with Gasteiger partial charge in [0.05, 0.1) is 11.7 Å². The molecule has 0 fully saturated rings. The van der Waals surface area contributed by atoms with Crippen molar-refractivity contribution >= 4 is 10.9 Å². The molecule has 0 aliphatic heterocycles. The molecule has 0 saturated carbocycles. The quantitative estimate of drug-likeness (QED) is 0.676. The van der Waals surface area contributed by atoms with Gasteiger partial charge in [-0.3, -0.25) is 5.10 Å². The smallest absolute Gasteiger partial charge is 0.191 e. The van der Waals surface area contributed by atoms with Crippen LogP contribution in [0.4, 0.5) is 0 Å². The van der Waals surface area contributed by atoms with Crippen LogP contribution in [0.25, 0.3) is 22.2 Å². The molecule has 0 amide bonds. The highest BCUT2D eigenvalue weighted by Gasteiger charge is 2.07. The molecule has 4 nitrogen and oxygen atoms in total. The van der Waals surface area contributed by atoms with E-state index in [4.69, 9.17) is 4.42 Å². The lowest BCUT2D eigenvalue weighted by Crippen LogP contribution is -1.75. The van der Waals surface area contributed by atoms with E-state index in [1.165, 1.54) is 0 Å². The third-order valence-corrected chi connectivity index (χ3v) is 2.65. The molecule has 1 N–H and O–H groups in total. The van der Waals surface area contributed by atoms with Gasteiger partial charge < -0.3 is 4.42 Å². The maximum Gasteiger partial charge on any atom is 0.191 e. The van der Waals surface area contributed by atoms with E-state index >= 15 is 0 Å². The Kier molecular flexibility index (Phi) is 1.83. The van der Waals surface area contributed by atoms with Gasteiger partial charge in [0.2, 0.25) is 0 Å². The van der Waals surface area contributed by atoms with Gasteiger partial charge in [-0.25, -0.2) is 4.98 Å². The van der Waals surface area contributed by atoms with E-state index < -0.39 is 0 Å². The third-order valence-electron chi connectivity index (χ3n) is 2.65. The number of aromatic amines is 1. The first-order valence-electron chi connectivity index (χ1n) is 5.11. The van der Waals surface area contributed by atoms with Gasteiger partial charge in [0.25, 0.3) is 0 Å². The van der Waals surface area contributed by atoms with Gasteiger partial charge in [0, 0.05) is 23.6 Å². The summed E-state index contributed by atoms with van der Waals surface area (Å²) in [4.78, 5) is 4.09. The van der Waals surface area contributed by atoms with Crippen molar-refractivity contribution in [1.29, 1.82) is 0 Å². The van der Waals surface area contributed by atoms with Crippen LogP contribution in [0.5, 0.6) is 0 Å². The first-order valence-corrected chi connectivity index (χ1v) is 5.11. The van der Waals surface area contributed by atoms with Crippen LogP contribution >= 0.6 is 0 Å². The summed E-state index contributed by atoms with van der Waals surface area (Å²) in [5, 5.41) is 8.27. The summed E-state index contributed by atoms with van der Waals surface area (Å²) in [6.45, 7) is 3.84. The van der Waals surface area contributed by atoms with Gasteiger partial charge in [-0.15, -0.1) is 0 Å². The molecular formula is C12H11N3O. The molecule has 0 aliphatic carbocycles. The van der Waals surface area contributed by atoms with E-state index in [0.717, 1.165) is 27.9 Å². The zero-order valence-electron chi connectivity index (χ0n) is 9.11. The van der Waals surface area contributed by atoms with Gasteiger partial charge in [-0.1, -0.05) is 0 Å². The molecule has 3 rings (SSSR count). The average molecular weight is 213 g/mol. The molecule has 0 atom stereocenters. The normalized spacial score (nSPS) is 11.1. The van der Waals surface area contributed by atoms with E-state index in [0.29, 0.717) is 5.89 Å². The Hall–Kier alpha value is -2.10. The molecule has 0 bridgehead atoms. The number of rotatable bonds is 1. The fraction of sp³-hybridized carbons (Fsp3) is 0.167. The summed E-state index contributed by atoms with van der Waals surface area (Å²) in [6, 6.07) is 6.03. The van der Waals surface area contributed by atoms with E-state index in [9.17, 15) is 0 Å². The van der Waals surface area contributed by atoms with Crippen LogP contribution in [0.15, 0.2) is 28.8 Å². The molecule has 4 heteroatoms. The summed E-state index contributed by atoms with van der Waals surface area (Å²) in [7, 11) is 0. The van der Waals surface area contributed by atoms with Crippen molar-refractivity contribution in [1.82, 2.24) is 15.2 Å². The topological polar surface area (TPSA) is 54.7 Å². The monoisotopic (exact) mass is 213 g/mol. The summed E-state index contributed by atoms with van der Waals surface area (Å²) in [5.74, 6) is 1.47. The van der Waals surface area contributed by atoms with Crippen molar-refractivity contribution in [3.8, 4) is 11.3 Å². The molecule has 2 aromatic heterocycles. The van der Waals surface area contributed by atoms with Crippen LogP contribution in [-0.2, 0) is 0 Å². The zero-order valence-corrected chi connectivity index (χ0v) is 9.11. The highest BCUT2D eigenvalue weighted by Crippen LogP contribution is 2.25. The van der Waals surface area contributed by atoms with Crippen molar-refractivity contribution < 1.29 is 4.42 Å². The number of aromatic nitrogens is 3. The lowest BCUT2D eigenvalue weighted by Gasteiger charge is -1.96. The number of hydrogen-bond acceptors (Lipinski definition) is 3. The SMILES string of the molecule is Cc1ncc(-c2ccc3n[nH]c(C)c3c2)o1. The molecule has 3 aromatic rings. The van der Waals surface area contributed by atoms with Crippen LogP contribution in [0.1, 0.15) is 11.6 Å². The van der Waals surface area contributed by atoms with Crippen molar-refractivity contribution in [2.24, 2.45) is 0 Å². The second kappa shape index (κ2) is 3.20. The Morgan fingerprint density at radius 3 is 2.88 bits per heavy atom. The molecule has 0 spiro atoms. The summed E-state index contributed by atoms with van der Waals surface area (Å²) in [6.07, 6.45) is 1.74. The Bertz CT molecular complexity index is 651. The predicted octanol–water partition coefficient (Wildman–Crippen LogP) is 2.83. The van der Waals surface area contributed by atoms with E-state index in [1.54, 1.807) is 6.20 Å². The Morgan fingerprint density at radius 2 is 2.12 bits per heavy atom. The number of fused-ring (bicyclic) bond motifs is 1. The standard InChI is InChI=1S/C12H11N3O/c1-7-10-5-9(3-4-11(10)15-14-7)12-6-13-8(2)16-12/h3-6H,1-2H3,(H,14,15). The molecule has 2 heterocycles. The number of aryl methyl sites for hydroxylation is 2. The van der Waals surface area contributed by atoms with Crippen LogP contribution in [0.2, 0.25) is 0 Å². The first kappa shape index (κ1) is 9.15.